The van der Waals surface area contributed by atoms with Crippen molar-refractivity contribution in [1.82, 2.24) is 16.0 Å². The molecule has 2 rings (SSSR count). The second kappa shape index (κ2) is 11.2. The molecule has 1 aromatic rings. The lowest BCUT2D eigenvalue weighted by Gasteiger charge is -2.24. The van der Waals surface area contributed by atoms with E-state index in [0.29, 0.717) is 32.0 Å². The number of halogens is 1. The Morgan fingerprint density at radius 2 is 1.86 bits per heavy atom. The van der Waals surface area contributed by atoms with Gasteiger partial charge in [-0.3, -0.25) is 14.6 Å². The summed E-state index contributed by atoms with van der Waals surface area (Å²) in [5, 5.41) is 12.2. The molecular formula is C20H32IN5O2. The number of amides is 2. The summed E-state index contributed by atoms with van der Waals surface area (Å²) in [7, 11) is 0. The highest BCUT2D eigenvalue weighted by Gasteiger charge is 2.24. The van der Waals surface area contributed by atoms with Crippen LogP contribution in [0, 0.1) is 5.41 Å². The number of nitrogens with zero attached hydrogens (tertiary/aromatic N) is 1. The van der Waals surface area contributed by atoms with Gasteiger partial charge in [0.2, 0.25) is 11.8 Å². The molecule has 1 unspecified atom stereocenters. The second-order valence-corrected chi connectivity index (χ2v) is 7.69. The molecule has 7 nitrogen and oxygen atoms in total. The van der Waals surface area contributed by atoms with Crippen LogP contribution in [-0.4, -0.2) is 44.0 Å². The van der Waals surface area contributed by atoms with E-state index in [2.05, 4.69) is 26.3 Å². The van der Waals surface area contributed by atoms with Gasteiger partial charge in [0.1, 0.15) is 0 Å². The lowest BCUT2D eigenvalue weighted by molar-refractivity contribution is -0.128. The van der Waals surface area contributed by atoms with Gasteiger partial charge in [-0.25, -0.2) is 0 Å². The minimum atomic E-state index is -0.395. The molecule has 0 saturated carbocycles. The predicted octanol–water partition coefficient (Wildman–Crippen LogP) is 2.45. The number of carbonyl (C=O) groups excluding carboxylic acids is 2. The van der Waals surface area contributed by atoms with E-state index in [1.54, 1.807) is 0 Å². The van der Waals surface area contributed by atoms with Crippen LogP contribution in [0.2, 0.25) is 0 Å². The van der Waals surface area contributed by atoms with E-state index in [4.69, 9.17) is 0 Å². The van der Waals surface area contributed by atoms with Crippen molar-refractivity contribution in [2.24, 2.45) is 10.4 Å². The molecule has 1 aliphatic heterocycles. The summed E-state index contributed by atoms with van der Waals surface area (Å²) in [6.45, 7) is 10.0. The van der Waals surface area contributed by atoms with Gasteiger partial charge >= 0.3 is 0 Å². The van der Waals surface area contributed by atoms with Crippen molar-refractivity contribution in [2.45, 2.75) is 40.0 Å². The summed E-state index contributed by atoms with van der Waals surface area (Å²) >= 11 is 0. The third-order valence-corrected chi connectivity index (χ3v) is 4.30. The molecule has 8 heteroatoms. The van der Waals surface area contributed by atoms with Crippen molar-refractivity contribution in [3.05, 3.63) is 29.8 Å². The van der Waals surface area contributed by atoms with E-state index in [0.717, 1.165) is 17.8 Å². The smallest absolute Gasteiger partial charge is 0.225 e. The fourth-order valence-electron chi connectivity index (χ4n) is 2.83. The fourth-order valence-corrected chi connectivity index (χ4v) is 2.83. The number of fused-ring (bicyclic) bond motifs is 1. The van der Waals surface area contributed by atoms with E-state index in [1.807, 2.05) is 52.0 Å². The van der Waals surface area contributed by atoms with Crippen LogP contribution in [-0.2, 0) is 9.59 Å². The van der Waals surface area contributed by atoms with Crippen LogP contribution < -0.4 is 21.3 Å². The summed E-state index contributed by atoms with van der Waals surface area (Å²) in [6.07, 6.45) is 0.432. The standard InChI is InChI=1S/C20H31N5O2.HI/c1-5-21-19(23-11-10-22-18(27)20(2,3)4)24-13-14-12-17(26)25-16-9-7-6-8-15(14)16;/h6-9,14H,5,10-13H2,1-4H3,(H,22,27)(H,25,26)(H2,21,23,24);1H. The maximum absolute atomic E-state index is 11.9. The van der Waals surface area contributed by atoms with Crippen LogP contribution in [0.3, 0.4) is 0 Å². The van der Waals surface area contributed by atoms with Crippen molar-refractivity contribution in [1.29, 1.82) is 0 Å². The largest absolute Gasteiger partial charge is 0.357 e. The molecule has 0 bridgehead atoms. The second-order valence-electron chi connectivity index (χ2n) is 7.69. The molecule has 1 aliphatic rings. The Balaban J connectivity index is 0.00000392. The number of guanidine groups is 1. The number of para-hydroxylation sites is 1. The Morgan fingerprint density at radius 3 is 2.54 bits per heavy atom. The minimum absolute atomic E-state index is 0. The number of anilines is 1. The summed E-state index contributed by atoms with van der Waals surface area (Å²) in [6, 6.07) is 7.86. The van der Waals surface area contributed by atoms with E-state index in [-0.39, 0.29) is 41.7 Å². The lowest BCUT2D eigenvalue weighted by Crippen LogP contribution is -2.43. The Kier molecular flexibility index (Phi) is 9.71. The van der Waals surface area contributed by atoms with Gasteiger partial charge in [0.25, 0.3) is 0 Å². The van der Waals surface area contributed by atoms with E-state index in [9.17, 15) is 9.59 Å². The number of hydrogen-bond donors (Lipinski definition) is 4. The van der Waals surface area contributed by atoms with Crippen LogP contribution in [0.4, 0.5) is 5.69 Å². The number of rotatable bonds is 6. The van der Waals surface area contributed by atoms with Gasteiger partial charge < -0.3 is 21.3 Å². The molecule has 4 N–H and O–H groups in total. The molecular weight excluding hydrogens is 469 g/mol. The van der Waals surface area contributed by atoms with Crippen LogP contribution >= 0.6 is 24.0 Å². The first-order valence-electron chi connectivity index (χ1n) is 9.50. The maximum Gasteiger partial charge on any atom is 0.225 e. The average molecular weight is 501 g/mol. The zero-order valence-electron chi connectivity index (χ0n) is 17.1. The molecule has 156 valence electrons. The first kappa shape index (κ1) is 24.2. The molecule has 0 aliphatic carbocycles. The summed E-state index contributed by atoms with van der Waals surface area (Å²) < 4.78 is 0. The first-order chi connectivity index (χ1) is 12.8. The third-order valence-electron chi connectivity index (χ3n) is 4.30. The molecule has 1 heterocycles. The van der Waals surface area contributed by atoms with Crippen molar-refractivity contribution in [3.63, 3.8) is 0 Å². The van der Waals surface area contributed by atoms with Crippen LogP contribution in [0.15, 0.2) is 29.3 Å². The average Bonchev–Trinajstić information content (AvgIpc) is 2.61. The van der Waals surface area contributed by atoms with Crippen molar-refractivity contribution < 1.29 is 9.59 Å². The Labute approximate surface area is 184 Å². The Morgan fingerprint density at radius 1 is 1.18 bits per heavy atom. The van der Waals surface area contributed by atoms with E-state index >= 15 is 0 Å². The van der Waals surface area contributed by atoms with Crippen molar-refractivity contribution in [3.8, 4) is 0 Å². The monoisotopic (exact) mass is 501 g/mol. The van der Waals surface area contributed by atoms with Gasteiger partial charge in [0, 0.05) is 43.1 Å². The van der Waals surface area contributed by atoms with Gasteiger partial charge in [0.05, 0.1) is 6.54 Å². The van der Waals surface area contributed by atoms with Gasteiger partial charge in [-0.05, 0) is 18.6 Å². The third kappa shape index (κ3) is 7.29. The molecule has 2 amide bonds. The quantitative estimate of drug-likeness (QED) is 0.209. The summed E-state index contributed by atoms with van der Waals surface area (Å²) in [4.78, 5) is 28.5. The molecule has 0 aromatic heterocycles. The zero-order chi connectivity index (χ0) is 19.9. The molecule has 0 saturated heterocycles. The summed E-state index contributed by atoms with van der Waals surface area (Å²) in [5.74, 6) is 0.796. The Hall–Kier alpha value is -1.84. The highest BCUT2D eigenvalue weighted by molar-refractivity contribution is 14.0. The van der Waals surface area contributed by atoms with Gasteiger partial charge in [0.15, 0.2) is 5.96 Å². The van der Waals surface area contributed by atoms with Crippen molar-refractivity contribution >= 4 is 47.4 Å². The van der Waals surface area contributed by atoms with Gasteiger partial charge in [-0.1, -0.05) is 39.0 Å². The van der Waals surface area contributed by atoms with E-state index < -0.39 is 5.41 Å². The molecule has 0 radical (unpaired) electrons. The first-order valence-corrected chi connectivity index (χ1v) is 9.50. The lowest BCUT2D eigenvalue weighted by atomic mass is 9.91. The maximum atomic E-state index is 11.9. The van der Waals surface area contributed by atoms with Crippen molar-refractivity contribution in [2.75, 3.05) is 31.5 Å². The number of carbonyl (C=O) groups is 2. The zero-order valence-corrected chi connectivity index (χ0v) is 19.4. The molecule has 28 heavy (non-hydrogen) atoms. The predicted molar refractivity (Wildman–Crippen MR) is 124 cm³/mol. The minimum Gasteiger partial charge on any atom is -0.357 e. The van der Waals surface area contributed by atoms with Crippen LogP contribution in [0.1, 0.15) is 45.6 Å². The normalized spacial score (nSPS) is 16.4. The number of nitrogens with one attached hydrogen (secondary N) is 4. The molecule has 1 atom stereocenters. The number of aliphatic imine (C=N–C) groups is 1. The van der Waals surface area contributed by atoms with E-state index in [1.165, 1.54) is 0 Å². The molecule has 0 fully saturated rings. The fraction of sp³-hybridized carbons (Fsp3) is 0.550. The highest BCUT2D eigenvalue weighted by atomic mass is 127. The van der Waals surface area contributed by atoms with Gasteiger partial charge in [-0.2, -0.15) is 0 Å². The SMILES string of the molecule is CCNC(=NCC1CC(=O)Nc2ccccc21)NCCNC(=O)C(C)(C)C.I. The molecule has 1 aromatic carbocycles. The van der Waals surface area contributed by atoms with Crippen LogP contribution in [0.25, 0.3) is 0 Å². The van der Waals surface area contributed by atoms with Gasteiger partial charge in [-0.15, -0.1) is 24.0 Å². The highest BCUT2D eigenvalue weighted by Crippen LogP contribution is 2.31. The molecule has 0 spiro atoms. The number of hydrogen-bond acceptors (Lipinski definition) is 3. The number of benzene rings is 1. The topological polar surface area (TPSA) is 94.6 Å². The Bertz CT molecular complexity index is 700. The summed E-state index contributed by atoms with van der Waals surface area (Å²) in [5.41, 5.74) is 1.60. The van der Waals surface area contributed by atoms with Crippen LogP contribution in [0.5, 0.6) is 0 Å².